The molecule has 0 spiro atoms. The minimum absolute atomic E-state index is 0.440. The SMILES string of the molecule is Cc1ccc(C[C@@H](CCCc2ccc(C=O)cc2)c2cccc(Cl)c2)cc1C. The van der Waals surface area contributed by atoms with Gasteiger partial charge < -0.3 is 0 Å². The lowest BCUT2D eigenvalue weighted by atomic mass is 9.86. The van der Waals surface area contributed by atoms with Gasteiger partial charge in [0.1, 0.15) is 6.29 Å². The molecule has 0 aliphatic carbocycles. The molecule has 0 saturated carbocycles. The Morgan fingerprint density at radius 2 is 1.64 bits per heavy atom. The molecular weight excluding hydrogens is 364 g/mol. The highest BCUT2D eigenvalue weighted by Crippen LogP contribution is 2.29. The fourth-order valence-electron chi connectivity index (χ4n) is 3.68. The van der Waals surface area contributed by atoms with Crippen molar-refractivity contribution >= 4 is 17.9 Å². The minimum Gasteiger partial charge on any atom is -0.298 e. The molecule has 0 unspecified atom stereocenters. The van der Waals surface area contributed by atoms with Gasteiger partial charge in [-0.05, 0) is 85.4 Å². The van der Waals surface area contributed by atoms with Gasteiger partial charge in [-0.3, -0.25) is 4.79 Å². The summed E-state index contributed by atoms with van der Waals surface area (Å²) in [5, 5.41) is 0.798. The maximum absolute atomic E-state index is 10.8. The molecular formula is C26H27ClO. The first-order chi connectivity index (χ1) is 13.5. The third-order valence-corrected chi connectivity index (χ3v) is 5.74. The summed E-state index contributed by atoms with van der Waals surface area (Å²) in [6, 6.07) is 23.0. The van der Waals surface area contributed by atoms with Crippen molar-refractivity contribution in [1.82, 2.24) is 0 Å². The van der Waals surface area contributed by atoms with E-state index in [1.807, 2.05) is 24.3 Å². The Morgan fingerprint density at radius 1 is 0.893 bits per heavy atom. The molecule has 28 heavy (non-hydrogen) atoms. The van der Waals surface area contributed by atoms with Crippen molar-refractivity contribution in [3.63, 3.8) is 0 Å². The quantitative estimate of drug-likeness (QED) is 0.374. The summed E-state index contributed by atoms with van der Waals surface area (Å²) in [4.78, 5) is 10.8. The summed E-state index contributed by atoms with van der Waals surface area (Å²) < 4.78 is 0. The maximum Gasteiger partial charge on any atom is 0.150 e. The number of aryl methyl sites for hydroxylation is 3. The van der Waals surface area contributed by atoms with Crippen LogP contribution in [0.25, 0.3) is 0 Å². The van der Waals surface area contributed by atoms with E-state index in [0.29, 0.717) is 5.92 Å². The molecule has 0 heterocycles. The van der Waals surface area contributed by atoms with Gasteiger partial charge in [0.15, 0.2) is 0 Å². The first kappa shape index (κ1) is 20.4. The van der Waals surface area contributed by atoms with Crippen molar-refractivity contribution in [2.45, 2.75) is 45.4 Å². The molecule has 0 aromatic heterocycles. The van der Waals surface area contributed by atoms with Crippen LogP contribution in [-0.2, 0) is 12.8 Å². The molecule has 0 bridgehead atoms. The Balaban J connectivity index is 1.71. The molecule has 0 aliphatic heterocycles. The third-order valence-electron chi connectivity index (χ3n) is 5.51. The van der Waals surface area contributed by atoms with Crippen LogP contribution in [0.1, 0.15) is 56.9 Å². The Labute approximate surface area is 173 Å². The smallest absolute Gasteiger partial charge is 0.150 e. The lowest BCUT2D eigenvalue weighted by Crippen LogP contribution is -2.05. The summed E-state index contributed by atoms with van der Waals surface area (Å²) in [6.45, 7) is 4.33. The molecule has 3 rings (SSSR count). The molecule has 2 heteroatoms. The van der Waals surface area contributed by atoms with Gasteiger partial charge in [-0.25, -0.2) is 0 Å². The zero-order valence-electron chi connectivity index (χ0n) is 16.6. The van der Waals surface area contributed by atoms with Crippen molar-refractivity contribution < 1.29 is 4.79 Å². The molecule has 0 saturated heterocycles. The standard InChI is InChI=1S/C26H27ClO/c1-19-9-10-23(15-20(19)2)16-24(25-7-4-8-26(27)17-25)6-3-5-21-11-13-22(18-28)14-12-21/h4,7-15,17-18,24H,3,5-6,16H2,1-2H3/t24-/m1/s1. The molecule has 144 valence electrons. The summed E-state index contributed by atoms with van der Waals surface area (Å²) >= 11 is 6.27. The lowest BCUT2D eigenvalue weighted by Gasteiger charge is -2.19. The van der Waals surface area contributed by atoms with Crippen LogP contribution in [0, 0.1) is 13.8 Å². The fraction of sp³-hybridized carbons (Fsp3) is 0.269. The monoisotopic (exact) mass is 390 g/mol. The number of carbonyl (C=O) groups is 1. The number of benzene rings is 3. The van der Waals surface area contributed by atoms with Crippen molar-refractivity contribution in [2.75, 3.05) is 0 Å². The van der Waals surface area contributed by atoms with Gasteiger partial charge in [-0.15, -0.1) is 0 Å². The van der Waals surface area contributed by atoms with Crippen LogP contribution < -0.4 is 0 Å². The maximum atomic E-state index is 10.8. The van der Waals surface area contributed by atoms with Gasteiger partial charge >= 0.3 is 0 Å². The van der Waals surface area contributed by atoms with Crippen molar-refractivity contribution in [2.24, 2.45) is 0 Å². The molecule has 3 aromatic carbocycles. The van der Waals surface area contributed by atoms with Crippen molar-refractivity contribution in [1.29, 1.82) is 0 Å². The predicted octanol–water partition coefficient (Wildman–Crippen LogP) is 7.12. The van der Waals surface area contributed by atoms with E-state index in [1.165, 1.54) is 27.8 Å². The first-order valence-corrected chi connectivity index (χ1v) is 10.3. The average Bonchev–Trinajstić information content (AvgIpc) is 2.70. The van der Waals surface area contributed by atoms with Gasteiger partial charge in [0, 0.05) is 10.6 Å². The van der Waals surface area contributed by atoms with Crippen LogP contribution >= 0.6 is 11.6 Å². The normalized spacial score (nSPS) is 12.0. The Hall–Kier alpha value is -2.38. The average molecular weight is 391 g/mol. The van der Waals surface area contributed by atoms with Crippen LogP contribution in [0.3, 0.4) is 0 Å². The fourth-order valence-corrected chi connectivity index (χ4v) is 3.88. The predicted molar refractivity (Wildman–Crippen MR) is 119 cm³/mol. The van der Waals surface area contributed by atoms with E-state index in [-0.39, 0.29) is 0 Å². The van der Waals surface area contributed by atoms with E-state index in [0.717, 1.165) is 42.6 Å². The molecule has 1 atom stereocenters. The molecule has 0 fully saturated rings. The van der Waals surface area contributed by atoms with Crippen LogP contribution in [-0.4, -0.2) is 6.29 Å². The number of rotatable bonds is 8. The molecule has 0 amide bonds. The van der Waals surface area contributed by atoms with E-state index in [2.05, 4.69) is 56.3 Å². The van der Waals surface area contributed by atoms with Gasteiger partial charge in [0.2, 0.25) is 0 Å². The Kier molecular flexibility index (Phi) is 7.06. The third kappa shape index (κ3) is 5.56. The number of halogens is 1. The molecule has 1 nitrogen and oxygen atoms in total. The molecule has 0 radical (unpaired) electrons. The number of carbonyl (C=O) groups excluding carboxylic acids is 1. The molecule has 0 N–H and O–H groups in total. The van der Waals surface area contributed by atoms with E-state index in [1.54, 1.807) is 0 Å². The first-order valence-electron chi connectivity index (χ1n) is 9.91. The van der Waals surface area contributed by atoms with Gasteiger partial charge in [0.05, 0.1) is 0 Å². The highest BCUT2D eigenvalue weighted by atomic mass is 35.5. The van der Waals surface area contributed by atoms with Crippen LogP contribution in [0.5, 0.6) is 0 Å². The zero-order valence-corrected chi connectivity index (χ0v) is 17.4. The second-order valence-electron chi connectivity index (χ2n) is 7.63. The van der Waals surface area contributed by atoms with Gasteiger partial charge in [0.25, 0.3) is 0 Å². The van der Waals surface area contributed by atoms with Crippen molar-refractivity contribution in [3.8, 4) is 0 Å². The summed E-state index contributed by atoms with van der Waals surface area (Å²) in [5.41, 5.74) is 7.38. The van der Waals surface area contributed by atoms with Crippen LogP contribution in [0.2, 0.25) is 5.02 Å². The van der Waals surface area contributed by atoms with Gasteiger partial charge in [-0.1, -0.05) is 66.2 Å². The minimum atomic E-state index is 0.440. The summed E-state index contributed by atoms with van der Waals surface area (Å²) in [6.07, 6.45) is 5.13. The second kappa shape index (κ2) is 9.71. The Morgan fingerprint density at radius 3 is 2.32 bits per heavy atom. The van der Waals surface area contributed by atoms with E-state index < -0.39 is 0 Å². The highest BCUT2D eigenvalue weighted by molar-refractivity contribution is 6.30. The number of hydrogen-bond acceptors (Lipinski definition) is 1. The Bertz CT molecular complexity index is 927. The number of hydrogen-bond donors (Lipinski definition) is 0. The largest absolute Gasteiger partial charge is 0.298 e. The van der Waals surface area contributed by atoms with Gasteiger partial charge in [-0.2, -0.15) is 0 Å². The topological polar surface area (TPSA) is 17.1 Å². The second-order valence-corrected chi connectivity index (χ2v) is 8.06. The number of aldehydes is 1. The molecule has 0 aliphatic rings. The molecule has 3 aromatic rings. The summed E-state index contributed by atoms with van der Waals surface area (Å²) in [5.74, 6) is 0.440. The van der Waals surface area contributed by atoms with E-state index in [4.69, 9.17) is 11.6 Å². The highest BCUT2D eigenvalue weighted by Gasteiger charge is 2.14. The lowest BCUT2D eigenvalue weighted by molar-refractivity contribution is 0.112. The van der Waals surface area contributed by atoms with Crippen molar-refractivity contribution in [3.05, 3.63) is 105 Å². The summed E-state index contributed by atoms with van der Waals surface area (Å²) in [7, 11) is 0. The van der Waals surface area contributed by atoms with E-state index >= 15 is 0 Å². The van der Waals surface area contributed by atoms with Crippen LogP contribution in [0.15, 0.2) is 66.7 Å². The van der Waals surface area contributed by atoms with E-state index in [9.17, 15) is 4.79 Å². The zero-order chi connectivity index (χ0) is 19.9. The van der Waals surface area contributed by atoms with Crippen LogP contribution in [0.4, 0.5) is 0 Å².